The maximum atomic E-state index is 9.14. The Hall–Kier alpha value is -1.08. The third-order valence-corrected chi connectivity index (χ3v) is 8.05. The van der Waals surface area contributed by atoms with Crippen molar-refractivity contribution in [1.82, 2.24) is 0 Å². The van der Waals surface area contributed by atoms with Crippen molar-refractivity contribution in [3.8, 4) is 0 Å². The average molecular weight is 369 g/mol. The zero-order valence-corrected chi connectivity index (χ0v) is 18.0. The summed E-state index contributed by atoms with van der Waals surface area (Å²) in [6.45, 7) is 14.2. The van der Waals surface area contributed by atoms with Crippen molar-refractivity contribution in [3.05, 3.63) is 47.6 Å². The molecule has 3 aliphatic rings. The van der Waals surface area contributed by atoms with E-state index in [0.717, 1.165) is 17.8 Å². The van der Waals surface area contributed by atoms with Crippen molar-refractivity contribution >= 4 is 0 Å². The van der Waals surface area contributed by atoms with Crippen molar-refractivity contribution in [3.63, 3.8) is 0 Å². The van der Waals surface area contributed by atoms with Gasteiger partial charge in [-0.05, 0) is 91.1 Å². The van der Waals surface area contributed by atoms with Crippen LogP contribution in [0.2, 0.25) is 0 Å². The summed E-state index contributed by atoms with van der Waals surface area (Å²) in [5.74, 6) is 3.45. The molecular formula is C26H40O. The number of rotatable bonds is 4. The SMILES string of the molecule is C=C1/C(=C\C=C2/CCC[C@]3(C)C([C@H](C)/C=C/CO)CC[C@@H]23)C[C@@H](C)C[C@@H]1C. The first-order valence-corrected chi connectivity index (χ1v) is 11.2. The summed E-state index contributed by atoms with van der Waals surface area (Å²) in [6.07, 6.45) is 18.2. The monoisotopic (exact) mass is 368 g/mol. The Bertz CT molecular complexity index is 637. The van der Waals surface area contributed by atoms with Gasteiger partial charge in [0, 0.05) is 0 Å². The molecule has 0 amide bonds. The van der Waals surface area contributed by atoms with Crippen LogP contribution in [0.4, 0.5) is 0 Å². The van der Waals surface area contributed by atoms with Crippen molar-refractivity contribution in [1.29, 1.82) is 0 Å². The highest BCUT2D eigenvalue weighted by atomic mass is 16.2. The fourth-order valence-corrected chi connectivity index (χ4v) is 6.59. The summed E-state index contributed by atoms with van der Waals surface area (Å²) in [4.78, 5) is 0. The van der Waals surface area contributed by atoms with Gasteiger partial charge < -0.3 is 5.11 Å². The molecule has 0 radical (unpaired) electrons. The molecule has 0 bridgehead atoms. The van der Waals surface area contributed by atoms with E-state index < -0.39 is 0 Å². The van der Waals surface area contributed by atoms with E-state index in [2.05, 4.69) is 52.5 Å². The van der Waals surface area contributed by atoms with Crippen LogP contribution >= 0.6 is 0 Å². The lowest BCUT2D eigenvalue weighted by Gasteiger charge is -2.44. The molecule has 0 heterocycles. The fraction of sp³-hybridized carbons (Fsp3) is 0.692. The van der Waals surface area contributed by atoms with Crippen molar-refractivity contribution in [2.24, 2.45) is 35.0 Å². The molecule has 3 saturated carbocycles. The first-order chi connectivity index (χ1) is 12.9. The van der Waals surface area contributed by atoms with E-state index in [-0.39, 0.29) is 6.61 Å². The quantitative estimate of drug-likeness (QED) is 0.537. The van der Waals surface area contributed by atoms with Crippen LogP contribution in [0, 0.1) is 35.0 Å². The van der Waals surface area contributed by atoms with Gasteiger partial charge in [0.2, 0.25) is 0 Å². The van der Waals surface area contributed by atoms with Gasteiger partial charge in [-0.2, -0.15) is 0 Å². The summed E-state index contributed by atoms with van der Waals surface area (Å²) in [5, 5.41) is 9.14. The van der Waals surface area contributed by atoms with Crippen LogP contribution in [0.15, 0.2) is 47.6 Å². The summed E-state index contributed by atoms with van der Waals surface area (Å²) < 4.78 is 0. The first-order valence-electron chi connectivity index (χ1n) is 11.2. The molecule has 27 heavy (non-hydrogen) atoms. The second-order valence-corrected chi connectivity index (χ2v) is 9.97. The molecule has 1 heteroatoms. The van der Waals surface area contributed by atoms with Gasteiger partial charge in [-0.15, -0.1) is 0 Å². The summed E-state index contributed by atoms with van der Waals surface area (Å²) in [7, 11) is 0. The van der Waals surface area contributed by atoms with Crippen LogP contribution in [0.3, 0.4) is 0 Å². The van der Waals surface area contributed by atoms with Gasteiger partial charge in [-0.25, -0.2) is 0 Å². The lowest BCUT2D eigenvalue weighted by Crippen LogP contribution is -2.35. The smallest absolute Gasteiger partial charge is 0.0612 e. The van der Waals surface area contributed by atoms with Crippen LogP contribution in [0.1, 0.15) is 72.6 Å². The van der Waals surface area contributed by atoms with Crippen LogP contribution in [0.25, 0.3) is 0 Å². The summed E-state index contributed by atoms with van der Waals surface area (Å²) in [6, 6.07) is 0. The minimum Gasteiger partial charge on any atom is -0.392 e. The highest BCUT2D eigenvalue weighted by Crippen LogP contribution is 2.59. The maximum absolute atomic E-state index is 9.14. The first kappa shape index (κ1) is 20.6. The van der Waals surface area contributed by atoms with Crippen LogP contribution < -0.4 is 0 Å². The molecule has 6 atom stereocenters. The Morgan fingerprint density at radius 2 is 2.04 bits per heavy atom. The predicted molar refractivity (Wildman–Crippen MR) is 116 cm³/mol. The molecular weight excluding hydrogens is 328 g/mol. The highest BCUT2D eigenvalue weighted by molar-refractivity contribution is 5.37. The zero-order valence-electron chi connectivity index (χ0n) is 18.0. The lowest BCUT2D eigenvalue weighted by molar-refractivity contribution is 0.112. The number of aliphatic hydroxyl groups is 1. The third-order valence-electron chi connectivity index (χ3n) is 8.05. The largest absolute Gasteiger partial charge is 0.392 e. The Morgan fingerprint density at radius 1 is 1.26 bits per heavy atom. The van der Waals surface area contributed by atoms with E-state index in [4.69, 9.17) is 5.11 Å². The number of allylic oxidation sites excluding steroid dienone is 6. The van der Waals surface area contributed by atoms with E-state index in [1.54, 1.807) is 5.57 Å². The van der Waals surface area contributed by atoms with Gasteiger partial charge >= 0.3 is 0 Å². The standard InChI is InChI=1S/C26H40O/c1-18-16-20(3)21(4)23(17-18)11-10-22-9-6-14-26(5)24(12-13-25(22)26)19(2)8-7-15-27/h7-8,10-11,18-20,24-25,27H,4,6,9,12-17H2,1-3,5H3/b8-7+,22-10+,23-11-/t18-,19+,20-,24?,25-,26+/m0/s1. The normalized spacial score (nSPS) is 41.4. The van der Waals surface area contributed by atoms with Gasteiger partial charge in [0.1, 0.15) is 0 Å². The van der Waals surface area contributed by atoms with Crippen molar-refractivity contribution in [2.45, 2.75) is 72.6 Å². The molecule has 0 aromatic rings. The number of fused-ring (bicyclic) bond motifs is 1. The maximum Gasteiger partial charge on any atom is 0.0612 e. The Balaban J connectivity index is 1.80. The average Bonchev–Trinajstić information content (AvgIpc) is 2.99. The Morgan fingerprint density at radius 3 is 2.78 bits per heavy atom. The molecule has 3 fully saturated rings. The minimum absolute atomic E-state index is 0.163. The van der Waals surface area contributed by atoms with E-state index in [1.165, 1.54) is 56.1 Å². The number of aliphatic hydroxyl groups excluding tert-OH is 1. The molecule has 3 rings (SSSR count). The van der Waals surface area contributed by atoms with Crippen LogP contribution in [-0.4, -0.2) is 11.7 Å². The topological polar surface area (TPSA) is 20.2 Å². The minimum atomic E-state index is 0.163. The molecule has 3 aliphatic carbocycles. The molecule has 0 aromatic carbocycles. The van der Waals surface area contributed by atoms with Gasteiger partial charge in [0.15, 0.2) is 0 Å². The lowest BCUT2D eigenvalue weighted by atomic mass is 9.61. The summed E-state index contributed by atoms with van der Waals surface area (Å²) >= 11 is 0. The van der Waals surface area contributed by atoms with Gasteiger partial charge in [0.05, 0.1) is 6.61 Å². The Labute approximate surface area is 167 Å². The van der Waals surface area contributed by atoms with Gasteiger partial charge in [-0.1, -0.05) is 64.2 Å². The van der Waals surface area contributed by atoms with Crippen molar-refractivity contribution < 1.29 is 5.11 Å². The Kier molecular flexibility index (Phi) is 6.51. The van der Waals surface area contributed by atoms with E-state index in [1.807, 2.05) is 6.08 Å². The second kappa shape index (κ2) is 8.52. The fourth-order valence-electron chi connectivity index (χ4n) is 6.59. The van der Waals surface area contributed by atoms with E-state index >= 15 is 0 Å². The molecule has 0 saturated heterocycles. The van der Waals surface area contributed by atoms with Crippen LogP contribution in [-0.2, 0) is 0 Å². The molecule has 150 valence electrons. The molecule has 1 unspecified atom stereocenters. The van der Waals surface area contributed by atoms with Gasteiger partial charge in [0.25, 0.3) is 0 Å². The van der Waals surface area contributed by atoms with E-state index in [9.17, 15) is 0 Å². The molecule has 0 spiro atoms. The molecule has 0 aromatic heterocycles. The van der Waals surface area contributed by atoms with E-state index in [0.29, 0.717) is 17.3 Å². The third kappa shape index (κ3) is 4.19. The highest BCUT2D eigenvalue weighted by Gasteiger charge is 2.50. The van der Waals surface area contributed by atoms with Crippen molar-refractivity contribution in [2.75, 3.05) is 6.61 Å². The zero-order chi connectivity index (χ0) is 19.6. The van der Waals surface area contributed by atoms with Crippen LogP contribution in [0.5, 0.6) is 0 Å². The molecule has 1 nitrogen and oxygen atoms in total. The number of hydrogen-bond acceptors (Lipinski definition) is 1. The summed E-state index contributed by atoms with van der Waals surface area (Å²) in [5.41, 5.74) is 4.98. The predicted octanol–water partition coefficient (Wildman–Crippen LogP) is 6.86. The number of hydrogen-bond donors (Lipinski definition) is 1. The van der Waals surface area contributed by atoms with Gasteiger partial charge in [-0.3, -0.25) is 0 Å². The second-order valence-electron chi connectivity index (χ2n) is 9.97. The molecule has 0 aliphatic heterocycles. The molecule has 1 N–H and O–H groups in total.